The molecule has 0 saturated carbocycles. The van der Waals surface area contributed by atoms with Gasteiger partial charge in [-0.1, -0.05) is 23.7 Å². The van der Waals surface area contributed by atoms with Crippen molar-refractivity contribution in [2.24, 2.45) is 5.73 Å². The first-order valence-corrected chi connectivity index (χ1v) is 6.28. The van der Waals surface area contributed by atoms with Crippen LogP contribution >= 0.6 is 11.6 Å². The second-order valence-electron chi connectivity index (χ2n) is 3.78. The predicted molar refractivity (Wildman–Crippen MR) is 70.2 cm³/mol. The van der Waals surface area contributed by atoms with Crippen LogP contribution in [0.3, 0.4) is 0 Å². The molecule has 0 spiro atoms. The lowest BCUT2D eigenvalue weighted by Crippen LogP contribution is -2.25. The van der Waals surface area contributed by atoms with Gasteiger partial charge in [0.05, 0.1) is 12.7 Å². The molecule has 0 saturated heterocycles. The van der Waals surface area contributed by atoms with Crippen molar-refractivity contribution in [1.82, 2.24) is 0 Å². The average molecular weight is 258 g/mol. The van der Waals surface area contributed by atoms with Crippen molar-refractivity contribution >= 4 is 11.6 Å². The van der Waals surface area contributed by atoms with E-state index in [9.17, 15) is 0 Å². The van der Waals surface area contributed by atoms with Crippen molar-refractivity contribution in [3.63, 3.8) is 0 Å². The number of benzene rings is 1. The maximum absolute atomic E-state index is 5.80. The molecule has 0 aliphatic rings. The number of hydrogen-bond donors (Lipinski definition) is 1. The van der Waals surface area contributed by atoms with Crippen LogP contribution in [0.25, 0.3) is 0 Å². The van der Waals surface area contributed by atoms with E-state index in [-0.39, 0.29) is 6.10 Å². The summed E-state index contributed by atoms with van der Waals surface area (Å²) in [6.07, 6.45) is 0.933. The van der Waals surface area contributed by atoms with Crippen molar-refractivity contribution < 1.29 is 9.47 Å². The fourth-order valence-corrected chi connectivity index (χ4v) is 1.62. The van der Waals surface area contributed by atoms with Gasteiger partial charge in [0.2, 0.25) is 0 Å². The van der Waals surface area contributed by atoms with Crippen LogP contribution in [0, 0.1) is 0 Å². The Morgan fingerprint density at radius 1 is 1.29 bits per heavy atom. The van der Waals surface area contributed by atoms with E-state index in [0.717, 1.165) is 17.0 Å². The van der Waals surface area contributed by atoms with Gasteiger partial charge in [-0.15, -0.1) is 0 Å². The van der Waals surface area contributed by atoms with E-state index in [1.807, 2.05) is 31.2 Å². The third-order valence-electron chi connectivity index (χ3n) is 2.43. The topological polar surface area (TPSA) is 44.5 Å². The smallest absolute Gasteiger partial charge is 0.0719 e. The van der Waals surface area contributed by atoms with Crippen LogP contribution in [0.2, 0.25) is 5.02 Å². The number of nitrogens with two attached hydrogens (primary N) is 1. The minimum atomic E-state index is 0.102. The fourth-order valence-electron chi connectivity index (χ4n) is 1.49. The van der Waals surface area contributed by atoms with Crippen LogP contribution in [0.5, 0.6) is 0 Å². The predicted octanol–water partition coefficient (Wildman–Crippen LogP) is 2.61. The number of hydrogen-bond acceptors (Lipinski definition) is 3. The first kappa shape index (κ1) is 14.5. The van der Waals surface area contributed by atoms with E-state index >= 15 is 0 Å². The Morgan fingerprint density at radius 2 is 2.00 bits per heavy atom. The second kappa shape index (κ2) is 8.48. The molecule has 0 aromatic heterocycles. The maximum Gasteiger partial charge on any atom is 0.0719 e. The standard InChI is InChI=1S/C13H20ClNO2/c1-2-17-13(9-15)7-8-16-10-11-3-5-12(14)6-4-11/h3-6,13H,2,7-10,15H2,1H3. The van der Waals surface area contributed by atoms with Crippen LogP contribution < -0.4 is 5.73 Å². The molecule has 17 heavy (non-hydrogen) atoms. The summed E-state index contributed by atoms with van der Waals surface area (Å²) in [5.74, 6) is 0. The van der Waals surface area contributed by atoms with Crippen LogP contribution in [0.4, 0.5) is 0 Å². The Kier molecular flexibility index (Phi) is 7.21. The molecule has 0 amide bonds. The Balaban J connectivity index is 2.17. The zero-order chi connectivity index (χ0) is 12.5. The molecular formula is C13H20ClNO2. The van der Waals surface area contributed by atoms with Gasteiger partial charge >= 0.3 is 0 Å². The quantitative estimate of drug-likeness (QED) is 0.728. The van der Waals surface area contributed by atoms with Gasteiger partial charge in [-0.3, -0.25) is 0 Å². The maximum atomic E-state index is 5.80. The molecule has 1 aromatic carbocycles. The molecule has 2 N–H and O–H groups in total. The average Bonchev–Trinajstić information content (AvgIpc) is 2.35. The first-order valence-electron chi connectivity index (χ1n) is 5.90. The number of ether oxygens (including phenoxy) is 2. The Morgan fingerprint density at radius 3 is 2.59 bits per heavy atom. The molecule has 1 aromatic rings. The minimum Gasteiger partial charge on any atom is -0.377 e. The lowest BCUT2D eigenvalue weighted by Gasteiger charge is -2.14. The Hall–Kier alpha value is -0.610. The summed E-state index contributed by atoms with van der Waals surface area (Å²) in [4.78, 5) is 0. The molecule has 0 aliphatic carbocycles. The van der Waals surface area contributed by atoms with E-state index in [1.54, 1.807) is 0 Å². The molecule has 0 aliphatic heterocycles. The van der Waals surface area contributed by atoms with Crippen LogP contribution in [-0.4, -0.2) is 25.9 Å². The monoisotopic (exact) mass is 257 g/mol. The van der Waals surface area contributed by atoms with Gasteiger partial charge in [0, 0.05) is 24.8 Å². The summed E-state index contributed by atoms with van der Waals surface area (Å²) in [6, 6.07) is 7.66. The molecule has 1 atom stereocenters. The lowest BCUT2D eigenvalue weighted by atomic mass is 10.2. The molecular weight excluding hydrogens is 238 g/mol. The molecule has 3 nitrogen and oxygen atoms in total. The highest BCUT2D eigenvalue weighted by Gasteiger charge is 2.05. The van der Waals surface area contributed by atoms with Crippen molar-refractivity contribution in [3.8, 4) is 0 Å². The summed E-state index contributed by atoms with van der Waals surface area (Å²) < 4.78 is 11.0. The normalized spacial score (nSPS) is 12.6. The van der Waals surface area contributed by atoms with Gasteiger partial charge in [-0.2, -0.15) is 0 Å². The summed E-state index contributed by atoms with van der Waals surface area (Å²) in [5.41, 5.74) is 6.69. The highest BCUT2D eigenvalue weighted by Crippen LogP contribution is 2.10. The molecule has 1 rings (SSSR count). The SMILES string of the molecule is CCOC(CN)CCOCc1ccc(Cl)cc1. The zero-order valence-corrected chi connectivity index (χ0v) is 11.0. The molecule has 0 bridgehead atoms. The van der Waals surface area contributed by atoms with Gasteiger partial charge in [0.25, 0.3) is 0 Å². The molecule has 0 fully saturated rings. The summed E-state index contributed by atoms with van der Waals surface area (Å²) in [6.45, 7) is 4.46. The third kappa shape index (κ3) is 6.03. The minimum absolute atomic E-state index is 0.102. The van der Waals surface area contributed by atoms with Gasteiger partial charge in [-0.25, -0.2) is 0 Å². The second-order valence-corrected chi connectivity index (χ2v) is 4.22. The van der Waals surface area contributed by atoms with Crippen molar-refractivity contribution in [2.75, 3.05) is 19.8 Å². The van der Waals surface area contributed by atoms with Crippen LogP contribution in [0.1, 0.15) is 18.9 Å². The number of halogens is 1. The van der Waals surface area contributed by atoms with Crippen LogP contribution in [-0.2, 0) is 16.1 Å². The number of rotatable bonds is 8. The molecule has 0 heterocycles. The van der Waals surface area contributed by atoms with Crippen molar-refractivity contribution in [1.29, 1.82) is 0 Å². The molecule has 1 unspecified atom stereocenters. The summed E-state index contributed by atoms with van der Waals surface area (Å²) in [7, 11) is 0. The molecule has 96 valence electrons. The Bertz CT molecular complexity index is 303. The largest absolute Gasteiger partial charge is 0.377 e. The van der Waals surface area contributed by atoms with Gasteiger partial charge in [0.15, 0.2) is 0 Å². The van der Waals surface area contributed by atoms with Gasteiger partial charge in [0.1, 0.15) is 0 Å². The van der Waals surface area contributed by atoms with E-state index < -0.39 is 0 Å². The summed E-state index contributed by atoms with van der Waals surface area (Å²) >= 11 is 5.80. The first-order chi connectivity index (χ1) is 8.26. The third-order valence-corrected chi connectivity index (χ3v) is 2.68. The van der Waals surface area contributed by atoms with Crippen molar-refractivity contribution in [2.45, 2.75) is 26.1 Å². The van der Waals surface area contributed by atoms with E-state index in [1.165, 1.54) is 0 Å². The fraction of sp³-hybridized carbons (Fsp3) is 0.538. The van der Waals surface area contributed by atoms with Gasteiger partial charge < -0.3 is 15.2 Å². The lowest BCUT2D eigenvalue weighted by molar-refractivity contribution is 0.0289. The Labute approximate surface area is 108 Å². The van der Waals surface area contributed by atoms with E-state index in [4.69, 9.17) is 26.8 Å². The summed E-state index contributed by atoms with van der Waals surface area (Å²) in [5, 5.41) is 0.744. The van der Waals surface area contributed by atoms with Crippen molar-refractivity contribution in [3.05, 3.63) is 34.9 Å². The van der Waals surface area contributed by atoms with E-state index in [2.05, 4.69) is 0 Å². The van der Waals surface area contributed by atoms with Crippen LogP contribution in [0.15, 0.2) is 24.3 Å². The highest BCUT2D eigenvalue weighted by atomic mass is 35.5. The van der Waals surface area contributed by atoms with Gasteiger partial charge in [-0.05, 0) is 31.0 Å². The zero-order valence-electron chi connectivity index (χ0n) is 10.2. The highest BCUT2D eigenvalue weighted by molar-refractivity contribution is 6.30. The molecule has 0 radical (unpaired) electrons. The molecule has 4 heteroatoms. The van der Waals surface area contributed by atoms with E-state index in [0.29, 0.717) is 26.4 Å².